The number of nitrogens with zero attached hydrogens (tertiary/aromatic N) is 1. The number of para-hydroxylation sites is 1. The molecule has 30 heavy (non-hydrogen) atoms. The van der Waals surface area contributed by atoms with Crippen molar-refractivity contribution in [3.8, 4) is 11.1 Å². The van der Waals surface area contributed by atoms with Crippen LogP contribution in [-0.4, -0.2) is 4.98 Å². The Morgan fingerprint density at radius 3 is 1.80 bits per heavy atom. The molecule has 0 N–H and O–H groups in total. The zero-order valence-corrected chi connectivity index (χ0v) is 16.7. The summed E-state index contributed by atoms with van der Waals surface area (Å²) >= 11 is 0. The van der Waals surface area contributed by atoms with Crippen LogP contribution < -0.4 is 0 Å². The molecule has 1 aromatic heterocycles. The molecule has 1 aliphatic rings. The molecule has 0 saturated heterocycles. The quantitative estimate of drug-likeness (QED) is 0.247. The van der Waals surface area contributed by atoms with Gasteiger partial charge in [-0.1, -0.05) is 66.7 Å². The normalized spacial score (nSPS) is 12.7. The highest BCUT2D eigenvalue weighted by Gasteiger charge is 2.25. The smallest absolute Gasteiger partial charge is 0.0711 e. The SMILES string of the molecule is Cc1nc2ccccc2c2c1Cc1cc3c4ccccc4c4ccccc4c3cc1-2. The van der Waals surface area contributed by atoms with E-state index in [1.165, 1.54) is 60.0 Å². The fraction of sp³-hybridized carbons (Fsp3) is 0.0690. The van der Waals surface area contributed by atoms with Crippen molar-refractivity contribution in [2.24, 2.45) is 0 Å². The molecule has 5 aromatic carbocycles. The van der Waals surface area contributed by atoms with E-state index in [0.717, 1.165) is 17.6 Å². The van der Waals surface area contributed by atoms with E-state index in [9.17, 15) is 0 Å². The molecule has 7 rings (SSSR count). The van der Waals surface area contributed by atoms with Gasteiger partial charge in [-0.05, 0) is 79.7 Å². The third kappa shape index (κ3) is 1.99. The Hall–Kier alpha value is -3.71. The van der Waals surface area contributed by atoms with Gasteiger partial charge in [-0.15, -0.1) is 0 Å². The highest BCUT2D eigenvalue weighted by Crippen LogP contribution is 2.46. The van der Waals surface area contributed by atoms with E-state index in [-0.39, 0.29) is 0 Å². The minimum absolute atomic E-state index is 0.964. The van der Waals surface area contributed by atoms with Gasteiger partial charge in [0, 0.05) is 17.5 Å². The summed E-state index contributed by atoms with van der Waals surface area (Å²) in [7, 11) is 0. The maximum absolute atomic E-state index is 4.90. The zero-order chi connectivity index (χ0) is 19.8. The topological polar surface area (TPSA) is 12.9 Å². The number of aryl methyl sites for hydroxylation is 1. The predicted molar refractivity (Wildman–Crippen MR) is 127 cm³/mol. The van der Waals surface area contributed by atoms with Crippen LogP contribution in [0.25, 0.3) is 54.3 Å². The predicted octanol–water partition coefficient (Wildman–Crippen LogP) is 7.57. The van der Waals surface area contributed by atoms with Crippen LogP contribution in [0.2, 0.25) is 0 Å². The van der Waals surface area contributed by atoms with Crippen molar-refractivity contribution in [3.63, 3.8) is 0 Å². The minimum Gasteiger partial charge on any atom is -0.253 e. The number of hydrogen-bond donors (Lipinski definition) is 0. The van der Waals surface area contributed by atoms with Gasteiger partial charge in [-0.25, -0.2) is 0 Å². The van der Waals surface area contributed by atoms with E-state index >= 15 is 0 Å². The van der Waals surface area contributed by atoms with E-state index in [0.29, 0.717) is 0 Å². The van der Waals surface area contributed by atoms with E-state index in [4.69, 9.17) is 4.98 Å². The van der Waals surface area contributed by atoms with Gasteiger partial charge in [0.1, 0.15) is 0 Å². The summed E-state index contributed by atoms with van der Waals surface area (Å²) in [5, 5.41) is 9.29. The molecule has 1 heteroatoms. The van der Waals surface area contributed by atoms with Crippen molar-refractivity contribution < 1.29 is 0 Å². The number of fused-ring (bicyclic) bond motifs is 11. The highest BCUT2D eigenvalue weighted by molar-refractivity contribution is 6.26. The largest absolute Gasteiger partial charge is 0.253 e. The number of benzene rings is 5. The standard InChI is InChI=1S/C29H19N/c1-17-24-14-18-15-26-21-10-4-2-8-19(21)20-9-3-5-11-22(20)27(26)16-25(18)29(24)23-12-6-7-13-28(23)30-17/h2-13,15-16H,14H2,1H3. The number of aromatic nitrogens is 1. The number of pyridine rings is 1. The zero-order valence-electron chi connectivity index (χ0n) is 16.7. The van der Waals surface area contributed by atoms with Gasteiger partial charge in [0.05, 0.1) is 5.52 Å². The second-order valence-electron chi connectivity index (χ2n) is 8.39. The van der Waals surface area contributed by atoms with Crippen molar-refractivity contribution in [1.29, 1.82) is 0 Å². The molecular weight excluding hydrogens is 362 g/mol. The van der Waals surface area contributed by atoms with Gasteiger partial charge >= 0.3 is 0 Å². The van der Waals surface area contributed by atoms with Crippen LogP contribution in [0.3, 0.4) is 0 Å². The van der Waals surface area contributed by atoms with Gasteiger partial charge < -0.3 is 0 Å². The summed E-state index contributed by atoms with van der Waals surface area (Å²) in [4.78, 5) is 4.90. The summed E-state index contributed by atoms with van der Waals surface area (Å²) in [5.74, 6) is 0. The van der Waals surface area contributed by atoms with Crippen LogP contribution in [0, 0.1) is 6.92 Å². The second kappa shape index (κ2) is 5.67. The molecule has 0 atom stereocenters. The molecule has 0 radical (unpaired) electrons. The van der Waals surface area contributed by atoms with E-state index in [2.05, 4.69) is 91.9 Å². The Bertz CT molecular complexity index is 1670. The first kappa shape index (κ1) is 16.1. The lowest BCUT2D eigenvalue weighted by Gasteiger charge is -2.13. The Balaban J connectivity index is 1.69. The molecule has 0 unspecified atom stereocenters. The van der Waals surface area contributed by atoms with E-state index < -0.39 is 0 Å². The van der Waals surface area contributed by atoms with Crippen molar-refractivity contribution >= 4 is 43.2 Å². The lowest BCUT2D eigenvalue weighted by atomic mass is 9.91. The molecule has 1 aliphatic carbocycles. The van der Waals surface area contributed by atoms with Crippen molar-refractivity contribution in [1.82, 2.24) is 4.98 Å². The highest BCUT2D eigenvalue weighted by atomic mass is 14.7. The maximum atomic E-state index is 4.90. The van der Waals surface area contributed by atoms with Crippen LogP contribution >= 0.6 is 0 Å². The van der Waals surface area contributed by atoms with Crippen LogP contribution in [0.1, 0.15) is 16.8 Å². The molecule has 0 aliphatic heterocycles. The summed E-state index contributed by atoms with van der Waals surface area (Å²) < 4.78 is 0. The molecule has 1 heterocycles. The molecule has 1 nitrogen and oxygen atoms in total. The van der Waals surface area contributed by atoms with Gasteiger partial charge in [-0.2, -0.15) is 0 Å². The second-order valence-corrected chi connectivity index (χ2v) is 8.39. The molecular formula is C29H19N. The van der Waals surface area contributed by atoms with Crippen LogP contribution in [0.5, 0.6) is 0 Å². The van der Waals surface area contributed by atoms with Gasteiger partial charge in [0.15, 0.2) is 0 Å². The molecule has 0 fully saturated rings. The first-order chi connectivity index (χ1) is 14.8. The maximum Gasteiger partial charge on any atom is 0.0711 e. The third-order valence-corrected chi connectivity index (χ3v) is 6.80. The third-order valence-electron chi connectivity index (χ3n) is 6.80. The molecule has 0 amide bonds. The Morgan fingerprint density at radius 1 is 0.600 bits per heavy atom. The molecule has 140 valence electrons. The van der Waals surface area contributed by atoms with Crippen molar-refractivity contribution in [2.75, 3.05) is 0 Å². The van der Waals surface area contributed by atoms with Gasteiger partial charge in [-0.3, -0.25) is 4.98 Å². The van der Waals surface area contributed by atoms with E-state index in [1.807, 2.05) is 0 Å². The molecule has 0 saturated carbocycles. The van der Waals surface area contributed by atoms with Crippen LogP contribution in [0.4, 0.5) is 0 Å². The molecule has 0 spiro atoms. The van der Waals surface area contributed by atoms with E-state index in [1.54, 1.807) is 0 Å². The summed E-state index contributed by atoms with van der Waals surface area (Å²) in [6.07, 6.45) is 0.964. The average Bonchev–Trinajstić information content (AvgIpc) is 3.18. The van der Waals surface area contributed by atoms with Crippen LogP contribution in [0.15, 0.2) is 84.9 Å². The fourth-order valence-corrected chi connectivity index (χ4v) is 5.46. The first-order valence-electron chi connectivity index (χ1n) is 10.5. The Labute approximate surface area is 174 Å². The Morgan fingerprint density at radius 2 is 1.13 bits per heavy atom. The minimum atomic E-state index is 0.964. The van der Waals surface area contributed by atoms with Gasteiger partial charge in [0.25, 0.3) is 0 Å². The monoisotopic (exact) mass is 381 g/mol. The van der Waals surface area contributed by atoms with Gasteiger partial charge in [0.2, 0.25) is 0 Å². The average molecular weight is 381 g/mol. The summed E-state index contributed by atoms with van der Waals surface area (Å²) in [6.45, 7) is 2.15. The lowest BCUT2D eigenvalue weighted by molar-refractivity contribution is 1.14. The van der Waals surface area contributed by atoms with Crippen LogP contribution in [-0.2, 0) is 6.42 Å². The molecule has 0 bridgehead atoms. The lowest BCUT2D eigenvalue weighted by Crippen LogP contribution is -1.92. The summed E-state index contributed by atoms with van der Waals surface area (Å²) in [5.41, 5.74) is 7.79. The van der Waals surface area contributed by atoms with Crippen molar-refractivity contribution in [3.05, 3.63) is 102 Å². The Kier molecular flexibility index (Phi) is 3.05. The number of hydrogen-bond acceptors (Lipinski definition) is 1. The first-order valence-corrected chi connectivity index (χ1v) is 10.5. The number of rotatable bonds is 0. The summed E-state index contributed by atoms with van der Waals surface area (Å²) in [6, 6.07) is 31.1. The van der Waals surface area contributed by atoms with Crippen molar-refractivity contribution in [2.45, 2.75) is 13.3 Å². The fourth-order valence-electron chi connectivity index (χ4n) is 5.46. The molecule has 6 aromatic rings.